The first-order valence-corrected chi connectivity index (χ1v) is 6.10. The Balaban J connectivity index is 1.99. The van der Waals surface area contributed by atoms with Crippen LogP contribution in [0.5, 0.6) is 0 Å². The average molecular weight is 242 g/mol. The zero-order valence-electron chi connectivity index (χ0n) is 9.95. The van der Waals surface area contributed by atoms with E-state index in [4.69, 9.17) is 9.78 Å². The van der Waals surface area contributed by atoms with E-state index in [-0.39, 0.29) is 6.10 Å². The van der Waals surface area contributed by atoms with Gasteiger partial charge in [0.05, 0.1) is 6.61 Å². The standard InChI is InChI=1S/C14H14N2O2/c1-2-6-12(14-15-8-4-9-16-14)11(5-1)13-7-3-10-17-18-13/h1-2,4-6,8-9,13H,3,7,10H2. The van der Waals surface area contributed by atoms with E-state index in [0.717, 1.165) is 29.8 Å². The minimum Gasteiger partial charge on any atom is -0.237 e. The first kappa shape index (κ1) is 11.3. The molecule has 18 heavy (non-hydrogen) atoms. The van der Waals surface area contributed by atoms with Crippen molar-refractivity contribution in [2.75, 3.05) is 6.61 Å². The number of nitrogens with zero attached hydrogens (tertiary/aromatic N) is 2. The van der Waals surface area contributed by atoms with Crippen molar-refractivity contribution in [3.63, 3.8) is 0 Å². The van der Waals surface area contributed by atoms with Gasteiger partial charge in [-0.2, -0.15) is 0 Å². The molecule has 4 nitrogen and oxygen atoms in total. The first-order chi connectivity index (χ1) is 8.95. The third kappa shape index (κ3) is 2.25. The summed E-state index contributed by atoms with van der Waals surface area (Å²) in [7, 11) is 0. The number of benzene rings is 1. The number of hydrogen-bond donors (Lipinski definition) is 0. The van der Waals surface area contributed by atoms with Crippen molar-refractivity contribution < 1.29 is 9.78 Å². The van der Waals surface area contributed by atoms with Crippen molar-refractivity contribution in [2.45, 2.75) is 18.9 Å². The fourth-order valence-corrected chi connectivity index (χ4v) is 2.13. The maximum absolute atomic E-state index is 5.37. The van der Waals surface area contributed by atoms with Gasteiger partial charge in [-0.05, 0) is 24.5 Å². The quantitative estimate of drug-likeness (QED) is 0.759. The summed E-state index contributed by atoms with van der Waals surface area (Å²) in [4.78, 5) is 19.1. The van der Waals surface area contributed by atoms with Crippen molar-refractivity contribution in [2.24, 2.45) is 0 Å². The lowest BCUT2D eigenvalue weighted by molar-refractivity contribution is -0.347. The lowest BCUT2D eigenvalue weighted by Crippen LogP contribution is -2.14. The Bertz CT molecular complexity index is 510. The summed E-state index contributed by atoms with van der Waals surface area (Å²) in [5, 5.41) is 0. The van der Waals surface area contributed by atoms with Gasteiger partial charge in [-0.1, -0.05) is 24.3 Å². The highest BCUT2D eigenvalue weighted by atomic mass is 17.2. The van der Waals surface area contributed by atoms with E-state index in [1.807, 2.05) is 30.3 Å². The molecule has 1 aromatic heterocycles. The predicted octanol–water partition coefficient (Wildman–Crippen LogP) is 2.93. The largest absolute Gasteiger partial charge is 0.237 e. The maximum atomic E-state index is 5.37. The fraction of sp³-hybridized carbons (Fsp3) is 0.286. The van der Waals surface area contributed by atoms with Gasteiger partial charge in [0.2, 0.25) is 0 Å². The van der Waals surface area contributed by atoms with Gasteiger partial charge < -0.3 is 0 Å². The summed E-state index contributed by atoms with van der Waals surface area (Å²) in [5.74, 6) is 0.724. The lowest BCUT2D eigenvalue weighted by atomic mass is 9.98. The molecule has 0 amide bonds. The van der Waals surface area contributed by atoms with Gasteiger partial charge in [-0.15, -0.1) is 0 Å². The zero-order chi connectivity index (χ0) is 12.2. The molecule has 1 unspecified atom stereocenters. The van der Waals surface area contributed by atoms with Gasteiger partial charge in [0.15, 0.2) is 5.82 Å². The van der Waals surface area contributed by atoms with Crippen LogP contribution in [0.2, 0.25) is 0 Å². The van der Waals surface area contributed by atoms with E-state index >= 15 is 0 Å². The average Bonchev–Trinajstić information content (AvgIpc) is 2.49. The molecule has 0 bridgehead atoms. The third-order valence-corrected chi connectivity index (χ3v) is 2.99. The van der Waals surface area contributed by atoms with Crippen molar-refractivity contribution in [1.29, 1.82) is 0 Å². The second-order valence-electron chi connectivity index (χ2n) is 4.21. The van der Waals surface area contributed by atoms with Crippen molar-refractivity contribution in [1.82, 2.24) is 9.97 Å². The molecule has 0 saturated carbocycles. The minimum absolute atomic E-state index is 0.0289. The van der Waals surface area contributed by atoms with Gasteiger partial charge >= 0.3 is 0 Å². The Morgan fingerprint density at radius 2 is 1.89 bits per heavy atom. The zero-order valence-corrected chi connectivity index (χ0v) is 9.95. The first-order valence-electron chi connectivity index (χ1n) is 6.10. The van der Waals surface area contributed by atoms with Gasteiger partial charge in [0.1, 0.15) is 6.10 Å². The van der Waals surface area contributed by atoms with Crippen LogP contribution in [0.3, 0.4) is 0 Å². The van der Waals surface area contributed by atoms with E-state index in [1.54, 1.807) is 12.4 Å². The smallest absolute Gasteiger partial charge is 0.159 e. The molecule has 4 heteroatoms. The summed E-state index contributed by atoms with van der Waals surface area (Å²) < 4.78 is 0. The van der Waals surface area contributed by atoms with Gasteiger partial charge in [0, 0.05) is 18.0 Å². The fourth-order valence-electron chi connectivity index (χ4n) is 2.13. The highest BCUT2D eigenvalue weighted by Gasteiger charge is 2.21. The molecule has 1 saturated heterocycles. The summed E-state index contributed by atoms with van der Waals surface area (Å²) in [6, 6.07) is 9.86. The van der Waals surface area contributed by atoms with Gasteiger partial charge in [0.25, 0.3) is 0 Å². The molecule has 92 valence electrons. The van der Waals surface area contributed by atoms with Gasteiger partial charge in [-0.3, -0.25) is 0 Å². The molecule has 0 spiro atoms. The number of rotatable bonds is 2. The number of hydrogen-bond acceptors (Lipinski definition) is 4. The van der Waals surface area contributed by atoms with Crippen LogP contribution in [-0.4, -0.2) is 16.6 Å². The molecule has 0 aliphatic carbocycles. The second kappa shape index (κ2) is 5.25. The van der Waals surface area contributed by atoms with Crippen LogP contribution < -0.4 is 0 Å². The van der Waals surface area contributed by atoms with E-state index < -0.39 is 0 Å². The van der Waals surface area contributed by atoms with Crippen molar-refractivity contribution in [3.8, 4) is 11.4 Å². The Kier molecular flexibility index (Phi) is 3.30. The monoisotopic (exact) mass is 242 g/mol. The molecule has 3 rings (SSSR count). The third-order valence-electron chi connectivity index (χ3n) is 2.99. The molecule has 1 fully saturated rings. The maximum Gasteiger partial charge on any atom is 0.159 e. The molecule has 2 aromatic rings. The van der Waals surface area contributed by atoms with E-state index in [1.165, 1.54) is 0 Å². The summed E-state index contributed by atoms with van der Waals surface area (Å²) in [5.41, 5.74) is 2.09. The van der Waals surface area contributed by atoms with Crippen LogP contribution in [0.15, 0.2) is 42.7 Å². The van der Waals surface area contributed by atoms with Gasteiger partial charge in [-0.25, -0.2) is 19.7 Å². The summed E-state index contributed by atoms with van der Waals surface area (Å²) in [6.07, 6.45) is 5.44. The highest BCUT2D eigenvalue weighted by Crippen LogP contribution is 2.32. The van der Waals surface area contributed by atoms with E-state index in [2.05, 4.69) is 9.97 Å². The molecule has 1 aliphatic heterocycles. The van der Waals surface area contributed by atoms with Crippen molar-refractivity contribution >= 4 is 0 Å². The summed E-state index contributed by atoms with van der Waals surface area (Å²) in [6.45, 7) is 0.667. The molecule has 0 radical (unpaired) electrons. The topological polar surface area (TPSA) is 44.2 Å². The SMILES string of the molecule is c1cnc(-c2ccccc2C2CCCOO2)nc1. The van der Waals surface area contributed by atoms with Crippen LogP contribution in [0.25, 0.3) is 11.4 Å². The molecule has 1 aromatic carbocycles. The Morgan fingerprint density at radius 3 is 2.67 bits per heavy atom. The van der Waals surface area contributed by atoms with E-state index in [0.29, 0.717) is 6.61 Å². The lowest BCUT2D eigenvalue weighted by Gasteiger charge is -2.23. The minimum atomic E-state index is -0.0289. The molecule has 1 atom stereocenters. The highest BCUT2D eigenvalue weighted by molar-refractivity contribution is 5.60. The van der Waals surface area contributed by atoms with Crippen LogP contribution in [0.4, 0.5) is 0 Å². The molecule has 0 N–H and O–H groups in total. The van der Waals surface area contributed by atoms with Crippen LogP contribution in [0.1, 0.15) is 24.5 Å². The normalized spacial score (nSPS) is 19.7. The Labute approximate surface area is 106 Å². The van der Waals surface area contributed by atoms with Crippen LogP contribution in [-0.2, 0) is 9.78 Å². The van der Waals surface area contributed by atoms with Crippen LogP contribution >= 0.6 is 0 Å². The molecular weight excluding hydrogens is 228 g/mol. The van der Waals surface area contributed by atoms with E-state index in [9.17, 15) is 0 Å². The Hall–Kier alpha value is -1.78. The number of aromatic nitrogens is 2. The second-order valence-corrected chi connectivity index (χ2v) is 4.21. The molecule has 2 heterocycles. The predicted molar refractivity (Wildman–Crippen MR) is 66.5 cm³/mol. The molecular formula is C14H14N2O2. The van der Waals surface area contributed by atoms with Crippen molar-refractivity contribution in [3.05, 3.63) is 48.3 Å². The van der Waals surface area contributed by atoms with Crippen LogP contribution in [0, 0.1) is 0 Å². The molecule has 1 aliphatic rings. The Morgan fingerprint density at radius 1 is 1.06 bits per heavy atom. The summed E-state index contributed by atoms with van der Waals surface area (Å²) >= 11 is 0.